The van der Waals surface area contributed by atoms with Gasteiger partial charge in [0, 0.05) is 34.6 Å². The number of nitrogens with zero attached hydrogens (tertiary/aromatic N) is 5. The molecule has 0 saturated carbocycles. The van der Waals surface area contributed by atoms with Crippen LogP contribution in [-0.2, 0) is 6.54 Å². The van der Waals surface area contributed by atoms with E-state index in [0.717, 1.165) is 4.88 Å². The van der Waals surface area contributed by atoms with E-state index < -0.39 is 18.8 Å². The van der Waals surface area contributed by atoms with Crippen LogP contribution >= 0.6 is 11.3 Å². The van der Waals surface area contributed by atoms with Crippen LogP contribution in [0.5, 0.6) is 0 Å². The van der Waals surface area contributed by atoms with Crippen LogP contribution in [0.15, 0.2) is 53.8 Å². The van der Waals surface area contributed by atoms with Gasteiger partial charge in [-0.1, -0.05) is 0 Å². The fraction of sp³-hybridized carbons (Fsp3) is 0.200. The molecule has 154 valence electrons. The lowest BCUT2D eigenvalue weighted by Gasteiger charge is -2.24. The van der Waals surface area contributed by atoms with E-state index in [1.165, 1.54) is 57.3 Å². The van der Waals surface area contributed by atoms with Crippen molar-refractivity contribution in [3.63, 3.8) is 0 Å². The Bertz CT molecular complexity index is 1230. The number of rotatable bonds is 6. The number of fused-ring (bicyclic) bond motifs is 1. The van der Waals surface area contributed by atoms with E-state index in [1.807, 2.05) is 6.92 Å². The molecule has 0 N–H and O–H groups in total. The summed E-state index contributed by atoms with van der Waals surface area (Å²) in [5, 5.41) is 0. The number of aryl methyl sites for hydroxylation is 1. The van der Waals surface area contributed by atoms with Crippen LogP contribution in [0.4, 0.5) is 18.9 Å². The Morgan fingerprint density at radius 3 is 2.53 bits per heavy atom. The second-order valence-electron chi connectivity index (χ2n) is 6.59. The number of hydrogen-bond acceptors (Lipinski definition) is 6. The van der Waals surface area contributed by atoms with Gasteiger partial charge in [-0.25, -0.2) is 28.1 Å². The first kappa shape index (κ1) is 20.0. The summed E-state index contributed by atoms with van der Waals surface area (Å²) in [5.41, 5.74) is 1.78. The van der Waals surface area contributed by atoms with Crippen molar-refractivity contribution < 1.29 is 13.2 Å². The number of alkyl halides is 2. The lowest BCUT2D eigenvalue weighted by Crippen LogP contribution is -2.29. The maximum absolute atomic E-state index is 13.2. The largest absolute Gasteiger partial charge is 0.360 e. The van der Waals surface area contributed by atoms with Crippen molar-refractivity contribution in [1.82, 2.24) is 19.4 Å². The topological polar surface area (TPSA) is 63.4 Å². The van der Waals surface area contributed by atoms with Gasteiger partial charge in [0.05, 0.1) is 24.5 Å². The highest BCUT2D eigenvalue weighted by Gasteiger charge is 2.18. The number of benzene rings is 1. The van der Waals surface area contributed by atoms with E-state index in [2.05, 4.69) is 15.0 Å². The van der Waals surface area contributed by atoms with Crippen molar-refractivity contribution in [2.75, 3.05) is 11.4 Å². The molecule has 3 heterocycles. The van der Waals surface area contributed by atoms with Crippen LogP contribution in [0.25, 0.3) is 16.2 Å². The molecule has 6 nitrogen and oxygen atoms in total. The van der Waals surface area contributed by atoms with Crippen molar-refractivity contribution in [3.8, 4) is 11.3 Å². The fourth-order valence-electron chi connectivity index (χ4n) is 3.23. The first-order valence-electron chi connectivity index (χ1n) is 8.98. The van der Waals surface area contributed by atoms with Gasteiger partial charge in [0.15, 0.2) is 4.96 Å². The first-order valence-corrected chi connectivity index (χ1v) is 9.80. The zero-order valence-electron chi connectivity index (χ0n) is 15.8. The molecule has 0 atom stereocenters. The van der Waals surface area contributed by atoms with Crippen LogP contribution in [0.1, 0.15) is 10.6 Å². The molecule has 10 heteroatoms. The molecule has 0 amide bonds. The minimum atomic E-state index is -2.60. The molecule has 0 aliphatic heterocycles. The highest BCUT2D eigenvalue weighted by atomic mass is 32.1. The van der Waals surface area contributed by atoms with Gasteiger partial charge in [0.1, 0.15) is 12.1 Å². The lowest BCUT2D eigenvalue weighted by molar-refractivity contribution is 0.154. The molecule has 0 bridgehead atoms. The molecule has 3 aromatic heterocycles. The SMILES string of the molecule is Cc1sc2nc(CN(CC(F)F)c3ccc(F)cc3)cc(=O)n2c1-c1cncnc1. The molecular weight excluding hydrogens is 415 g/mol. The summed E-state index contributed by atoms with van der Waals surface area (Å²) in [5.74, 6) is -0.458. The van der Waals surface area contributed by atoms with Crippen molar-refractivity contribution in [2.45, 2.75) is 19.9 Å². The minimum Gasteiger partial charge on any atom is -0.360 e. The second-order valence-corrected chi connectivity index (χ2v) is 7.77. The van der Waals surface area contributed by atoms with Gasteiger partial charge in [-0.3, -0.25) is 9.20 Å². The molecule has 0 aliphatic carbocycles. The van der Waals surface area contributed by atoms with Crippen LogP contribution < -0.4 is 10.5 Å². The smallest absolute Gasteiger partial charge is 0.259 e. The zero-order chi connectivity index (χ0) is 21.3. The average Bonchev–Trinajstić information content (AvgIpc) is 3.04. The predicted octanol–water partition coefficient (Wildman–Crippen LogP) is 3.93. The van der Waals surface area contributed by atoms with Gasteiger partial charge in [-0.2, -0.15) is 0 Å². The van der Waals surface area contributed by atoms with E-state index in [-0.39, 0.29) is 12.1 Å². The molecule has 0 aliphatic rings. The highest BCUT2D eigenvalue weighted by molar-refractivity contribution is 7.17. The van der Waals surface area contributed by atoms with Crippen molar-refractivity contribution >= 4 is 22.0 Å². The minimum absolute atomic E-state index is 0.0115. The molecule has 4 rings (SSSR count). The number of halogens is 3. The van der Waals surface area contributed by atoms with E-state index in [9.17, 15) is 18.0 Å². The standard InChI is InChI=1S/C20H16F3N5OS/c1-12-19(13-7-24-11-25-8-13)28-18(29)6-15(26-20(28)30-12)9-27(10-17(22)23)16-4-2-14(21)3-5-16/h2-8,11,17H,9-10H2,1H3. The Hall–Kier alpha value is -3.27. The second kappa shape index (κ2) is 8.23. The number of aromatic nitrogens is 4. The summed E-state index contributed by atoms with van der Waals surface area (Å²) in [7, 11) is 0. The van der Waals surface area contributed by atoms with Gasteiger partial charge in [-0.05, 0) is 31.2 Å². The van der Waals surface area contributed by atoms with Crippen molar-refractivity contribution in [1.29, 1.82) is 0 Å². The third-order valence-electron chi connectivity index (χ3n) is 4.48. The Balaban J connectivity index is 1.74. The normalized spacial score (nSPS) is 11.4. The average molecular weight is 431 g/mol. The number of hydrogen-bond donors (Lipinski definition) is 0. The van der Waals surface area contributed by atoms with Crippen molar-refractivity contribution in [3.05, 3.63) is 75.8 Å². The summed E-state index contributed by atoms with van der Waals surface area (Å²) in [6, 6.07) is 6.58. The Labute approximate surface area is 173 Å². The quantitative estimate of drug-likeness (QED) is 0.463. The van der Waals surface area contributed by atoms with E-state index in [0.29, 0.717) is 27.6 Å². The van der Waals surface area contributed by atoms with E-state index >= 15 is 0 Å². The van der Waals surface area contributed by atoms with Crippen LogP contribution in [0.2, 0.25) is 0 Å². The van der Waals surface area contributed by atoms with Gasteiger partial charge >= 0.3 is 0 Å². The van der Waals surface area contributed by atoms with E-state index in [1.54, 1.807) is 12.4 Å². The molecule has 1 aromatic carbocycles. The zero-order valence-corrected chi connectivity index (χ0v) is 16.6. The lowest BCUT2D eigenvalue weighted by atomic mass is 10.2. The van der Waals surface area contributed by atoms with Gasteiger partial charge < -0.3 is 4.90 Å². The molecule has 0 radical (unpaired) electrons. The maximum atomic E-state index is 13.2. The van der Waals surface area contributed by atoms with Gasteiger partial charge in [-0.15, -0.1) is 11.3 Å². The Morgan fingerprint density at radius 1 is 1.17 bits per heavy atom. The monoisotopic (exact) mass is 431 g/mol. The summed E-state index contributed by atoms with van der Waals surface area (Å²) >= 11 is 1.32. The third kappa shape index (κ3) is 4.04. The molecule has 0 spiro atoms. The number of thiazole rings is 1. The molecular formula is C20H16F3N5OS. The first-order chi connectivity index (χ1) is 14.4. The molecule has 0 fully saturated rings. The summed E-state index contributed by atoms with van der Waals surface area (Å²) in [6.45, 7) is 1.29. The van der Waals surface area contributed by atoms with E-state index in [4.69, 9.17) is 0 Å². The summed E-state index contributed by atoms with van der Waals surface area (Å²) in [4.78, 5) is 28.0. The third-order valence-corrected chi connectivity index (χ3v) is 5.44. The van der Waals surface area contributed by atoms with Gasteiger partial charge in [0.25, 0.3) is 12.0 Å². The van der Waals surface area contributed by atoms with Crippen LogP contribution in [0.3, 0.4) is 0 Å². The molecule has 0 saturated heterocycles. The maximum Gasteiger partial charge on any atom is 0.259 e. The fourth-order valence-corrected chi connectivity index (χ4v) is 4.25. The predicted molar refractivity (Wildman–Crippen MR) is 109 cm³/mol. The Kier molecular flexibility index (Phi) is 5.49. The van der Waals surface area contributed by atoms with Crippen LogP contribution in [0, 0.1) is 12.7 Å². The Morgan fingerprint density at radius 2 is 1.87 bits per heavy atom. The summed E-state index contributed by atoms with van der Waals surface area (Å²) < 4.78 is 40.9. The summed E-state index contributed by atoms with van der Waals surface area (Å²) in [6.07, 6.45) is 2.02. The van der Waals surface area contributed by atoms with Crippen molar-refractivity contribution in [2.24, 2.45) is 0 Å². The van der Waals surface area contributed by atoms with Gasteiger partial charge in [0.2, 0.25) is 0 Å². The molecule has 0 unspecified atom stereocenters. The molecule has 4 aromatic rings. The highest BCUT2D eigenvalue weighted by Crippen LogP contribution is 2.29. The molecule has 30 heavy (non-hydrogen) atoms. The van der Waals surface area contributed by atoms with Crippen LogP contribution in [-0.4, -0.2) is 32.3 Å². The number of anilines is 1.